The van der Waals surface area contributed by atoms with Crippen LogP contribution in [-0.2, 0) is 4.74 Å². The van der Waals surface area contributed by atoms with Gasteiger partial charge in [-0.25, -0.2) is 4.79 Å². The molecule has 0 spiro atoms. The summed E-state index contributed by atoms with van der Waals surface area (Å²) < 4.78 is 5.36. The van der Waals surface area contributed by atoms with Gasteiger partial charge in [-0.1, -0.05) is 0 Å². The van der Waals surface area contributed by atoms with Gasteiger partial charge in [-0.15, -0.1) is 0 Å². The van der Waals surface area contributed by atoms with E-state index in [0.29, 0.717) is 12.6 Å². The first-order valence-electron chi connectivity index (χ1n) is 6.25. The lowest BCUT2D eigenvalue weighted by Crippen LogP contribution is -2.55. The average Bonchev–Trinajstić information content (AvgIpc) is 2.18. The summed E-state index contributed by atoms with van der Waals surface area (Å²) >= 11 is 0. The van der Waals surface area contributed by atoms with Gasteiger partial charge in [0.1, 0.15) is 5.60 Å². The van der Waals surface area contributed by atoms with Gasteiger partial charge in [-0.05, 0) is 27.7 Å². The maximum atomic E-state index is 11.9. The Kier molecular flexibility index (Phi) is 4.77. The molecule has 1 fully saturated rings. The van der Waals surface area contributed by atoms with E-state index in [1.54, 1.807) is 4.90 Å². The summed E-state index contributed by atoms with van der Waals surface area (Å²) in [5.74, 6) is 0. The van der Waals surface area contributed by atoms with Crippen LogP contribution in [0.15, 0.2) is 0 Å². The third kappa shape index (κ3) is 4.52. The maximum Gasteiger partial charge on any atom is 0.410 e. The molecule has 0 aliphatic carbocycles. The Hall–Kier alpha value is -0.810. The molecule has 17 heavy (non-hydrogen) atoms. The van der Waals surface area contributed by atoms with E-state index in [2.05, 4.69) is 11.8 Å². The zero-order valence-electron chi connectivity index (χ0n) is 11.4. The molecule has 100 valence electrons. The fourth-order valence-electron chi connectivity index (χ4n) is 1.99. The zero-order valence-corrected chi connectivity index (χ0v) is 11.4. The van der Waals surface area contributed by atoms with Crippen LogP contribution < -0.4 is 5.73 Å². The highest BCUT2D eigenvalue weighted by molar-refractivity contribution is 5.68. The molecule has 1 atom stereocenters. The number of nitrogens with zero attached hydrogens (tertiary/aromatic N) is 2. The fraction of sp³-hybridized carbons (Fsp3) is 0.917. The van der Waals surface area contributed by atoms with Crippen molar-refractivity contribution in [2.75, 3.05) is 32.7 Å². The summed E-state index contributed by atoms with van der Waals surface area (Å²) in [5.41, 5.74) is 5.13. The largest absolute Gasteiger partial charge is 0.444 e. The van der Waals surface area contributed by atoms with E-state index in [-0.39, 0.29) is 6.09 Å². The number of hydrogen-bond donors (Lipinski definition) is 1. The molecule has 0 aromatic carbocycles. The van der Waals surface area contributed by atoms with E-state index in [0.717, 1.165) is 26.2 Å². The number of nitrogens with two attached hydrogens (primary N) is 1. The zero-order chi connectivity index (χ0) is 13.1. The lowest BCUT2D eigenvalue weighted by molar-refractivity contribution is 0.00629. The van der Waals surface area contributed by atoms with Crippen LogP contribution in [0.2, 0.25) is 0 Å². The quantitative estimate of drug-likeness (QED) is 0.782. The lowest BCUT2D eigenvalue weighted by Gasteiger charge is -2.39. The second kappa shape index (κ2) is 5.69. The number of carbonyl (C=O) groups excluding carboxylic acids is 1. The van der Waals surface area contributed by atoms with Gasteiger partial charge in [-0.3, -0.25) is 4.90 Å². The molecule has 0 bridgehead atoms. The van der Waals surface area contributed by atoms with Crippen LogP contribution >= 0.6 is 0 Å². The Balaban J connectivity index is 2.46. The predicted molar refractivity (Wildman–Crippen MR) is 67.9 cm³/mol. The van der Waals surface area contributed by atoms with Crippen LogP contribution in [0.1, 0.15) is 27.7 Å². The molecule has 1 aliphatic heterocycles. The monoisotopic (exact) mass is 243 g/mol. The molecular formula is C12H25N3O2. The van der Waals surface area contributed by atoms with Gasteiger partial charge in [0, 0.05) is 38.8 Å². The summed E-state index contributed by atoms with van der Waals surface area (Å²) in [5, 5.41) is 0. The van der Waals surface area contributed by atoms with E-state index in [9.17, 15) is 4.79 Å². The Morgan fingerprint density at radius 2 is 2.06 bits per heavy atom. The van der Waals surface area contributed by atoms with Crippen molar-refractivity contribution in [1.29, 1.82) is 0 Å². The predicted octanol–water partition coefficient (Wildman–Crippen LogP) is 0.886. The summed E-state index contributed by atoms with van der Waals surface area (Å²) in [4.78, 5) is 16.0. The molecule has 0 unspecified atom stereocenters. The van der Waals surface area contributed by atoms with Gasteiger partial charge < -0.3 is 15.4 Å². The standard InChI is InChI=1S/C12H25N3O2/c1-10-9-15(8-7-14(10)6-5-13)11(16)17-12(2,3)4/h10H,5-9,13H2,1-4H3/t10-/m1/s1. The number of rotatable bonds is 2. The minimum Gasteiger partial charge on any atom is -0.444 e. The number of piperazine rings is 1. The molecule has 1 amide bonds. The second-order valence-corrected chi connectivity index (χ2v) is 5.60. The Labute approximate surface area is 104 Å². The van der Waals surface area contributed by atoms with Crippen LogP contribution in [0, 0.1) is 0 Å². The molecular weight excluding hydrogens is 218 g/mol. The summed E-state index contributed by atoms with van der Waals surface area (Å²) in [6.07, 6.45) is -0.211. The van der Waals surface area contributed by atoms with E-state index in [4.69, 9.17) is 10.5 Å². The van der Waals surface area contributed by atoms with Crippen molar-refractivity contribution in [3.63, 3.8) is 0 Å². The van der Waals surface area contributed by atoms with Gasteiger partial charge in [0.05, 0.1) is 0 Å². The number of amides is 1. The molecule has 5 heteroatoms. The molecule has 1 aliphatic rings. The molecule has 2 N–H and O–H groups in total. The van der Waals surface area contributed by atoms with Crippen molar-refractivity contribution in [1.82, 2.24) is 9.80 Å². The summed E-state index contributed by atoms with van der Waals surface area (Å²) in [6, 6.07) is 0.347. The van der Waals surface area contributed by atoms with Crippen LogP contribution in [0.3, 0.4) is 0 Å². The SMILES string of the molecule is C[C@@H]1CN(C(=O)OC(C)(C)C)CCN1CCN. The number of hydrogen-bond acceptors (Lipinski definition) is 4. The summed E-state index contributed by atoms with van der Waals surface area (Å²) in [6.45, 7) is 11.6. The molecule has 1 rings (SSSR count). The van der Waals surface area contributed by atoms with Crippen LogP contribution in [0.25, 0.3) is 0 Å². The molecule has 0 aromatic rings. The Bertz CT molecular complexity index is 263. The summed E-state index contributed by atoms with van der Waals surface area (Å²) in [7, 11) is 0. The molecule has 5 nitrogen and oxygen atoms in total. The fourth-order valence-corrected chi connectivity index (χ4v) is 1.99. The maximum absolute atomic E-state index is 11.9. The van der Waals surface area contributed by atoms with Crippen molar-refractivity contribution in [2.45, 2.75) is 39.3 Å². The highest BCUT2D eigenvalue weighted by Crippen LogP contribution is 2.14. The van der Waals surface area contributed by atoms with Crippen LogP contribution in [0.4, 0.5) is 4.79 Å². The normalized spacial score (nSPS) is 22.6. The van der Waals surface area contributed by atoms with Crippen LogP contribution in [0.5, 0.6) is 0 Å². The van der Waals surface area contributed by atoms with E-state index in [1.165, 1.54) is 0 Å². The Morgan fingerprint density at radius 1 is 1.41 bits per heavy atom. The third-order valence-electron chi connectivity index (χ3n) is 2.83. The smallest absolute Gasteiger partial charge is 0.410 e. The van der Waals surface area contributed by atoms with E-state index >= 15 is 0 Å². The number of ether oxygens (including phenoxy) is 1. The molecule has 1 saturated heterocycles. The second-order valence-electron chi connectivity index (χ2n) is 5.60. The first-order chi connectivity index (χ1) is 7.83. The molecule has 1 heterocycles. The van der Waals surface area contributed by atoms with Crippen molar-refractivity contribution in [3.8, 4) is 0 Å². The van der Waals surface area contributed by atoms with Gasteiger partial charge in [0.2, 0.25) is 0 Å². The van der Waals surface area contributed by atoms with Crippen molar-refractivity contribution in [3.05, 3.63) is 0 Å². The topological polar surface area (TPSA) is 58.8 Å². The minimum absolute atomic E-state index is 0.211. The van der Waals surface area contributed by atoms with Gasteiger partial charge in [0.25, 0.3) is 0 Å². The first kappa shape index (κ1) is 14.3. The van der Waals surface area contributed by atoms with Crippen molar-refractivity contribution in [2.24, 2.45) is 5.73 Å². The van der Waals surface area contributed by atoms with E-state index < -0.39 is 5.60 Å². The Morgan fingerprint density at radius 3 is 2.53 bits per heavy atom. The van der Waals surface area contributed by atoms with Gasteiger partial charge >= 0.3 is 6.09 Å². The van der Waals surface area contributed by atoms with Crippen molar-refractivity contribution < 1.29 is 9.53 Å². The lowest BCUT2D eigenvalue weighted by atomic mass is 10.2. The average molecular weight is 243 g/mol. The van der Waals surface area contributed by atoms with Gasteiger partial charge in [-0.2, -0.15) is 0 Å². The molecule has 0 radical (unpaired) electrons. The minimum atomic E-state index is -0.422. The highest BCUT2D eigenvalue weighted by atomic mass is 16.6. The third-order valence-corrected chi connectivity index (χ3v) is 2.83. The molecule has 0 aromatic heterocycles. The highest BCUT2D eigenvalue weighted by Gasteiger charge is 2.29. The van der Waals surface area contributed by atoms with Crippen molar-refractivity contribution >= 4 is 6.09 Å². The first-order valence-corrected chi connectivity index (χ1v) is 6.25. The number of carbonyl (C=O) groups is 1. The van der Waals surface area contributed by atoms with Gasteiger partial charge in [0.15, 0.2) is 0 Å². The van der Waals surface area contributed by atoms with E-state index in [1.807, 2.05) is 20.8 Å². The van der Waals surface area contributed by atoms with Crippen LogP contribution in [-0.4, -0.2) is 60.3 Å². The molecule has 0 saturated carbocycles.